The fraction of sp³-hybridized carbons (Fsp3) is 0.263. The van der Waals surface area contributed by atoms with Gasteiger partial charge in [-0.3, -0.25) is 13.9 Å². The van der Waals surface area contributed by atoms with Gasteiger partial charge in [0, 0.05) is 18.7 Å². The van der Waals surface area contributed by atoms with Gasteiger partial charge in [0.1, 0.15) is 0 Å². The van der Waals surface area contributed by atoms with Crippen molar-refractivity contribution in [3.05, 3.63) is 65.7 Å². The van der Waals surface area contributed by atoms with Crippen LogP contribution in [0.25, 0.3) is 0 Å². The number of carbonyl (C=O) groups excluding carboxylic acids is 2. The van der Waals surface area contributed by atoms with Gasteiger partial charge in [0.15, 0.2) is 0 Å². The highest BCUT2D eigenvalue weighted by molar-refractivity contribution is 7.93. The molecule has 1 fully saturated rings. The number of carbonyl (C=O) groups is 2. The number of benzene rings is 2. The number of rotatable bonds is 6. The van der Waals surface area contributed by atoms with Crippen molar-refractivity contribution in [3.63, 3.8) is 0 Å². The summed E-state index contributed by atoms with van der Waals surface area (Å²) in [5.41, 5.74) is 1.75. The Morgan fingerprint density at radius 2 is 1.78 bits per heavy atom. The molecule has 1 heterocycles. The Morgan fingerprint density at radius 1 is 1.00 bits per heavy atom. The van der Waals surface area contributed by atoms with Crippen molar-refractivity contribution < 1.29 is 18.0 Å². The summed E-state index contributed by atoms with van der Waals surface area (Å²) in [4.78, 5) is 24.2. The Balaban J connectivity index is 1.55. The topological polar surface area (TPSA) is 95.6 Å². The Bertz CT molecular complexity index is 929. The maximum Gasteiger partial charge on any atom is 0.251 e. The predicted molar refractivity (Wildman–Crippen MR) is 103 cm³/mol. The molecular weight excluding hydrogens is 366 g/mol. The lowest BCUT2D eigenvalue weighted by Gasteiger charge is -2.17. The summed E-state index contributed by atoms with van der Waals surface area (Å²) in [6, 6.07) is 15.9. The minimum atomic E-state index is -3.30. The van der Waals surface area contributed by atoms with E-state index in [2.05, 4.69) is 10.6 Å². The fourth-order valence-electron chi connectivity index (χ4n) is 2.85. The van der Waals surface area contributed by atoms with Crippen LogP contribution < -0.4 is 14.9 Å². The number of sulfonamides is 1. The van der Waals surface area contributed by atoms with Crippen LogP contribution in [0.15, 0.2) is 54.6 Å². The Labute approximate surface area is 158 Å². The maximum absolute atomic E-state index is 12.3. The Morgan fingerprint density at radius 3 is 2.48 bits per heavy atom. The van der Waals surface area contributed by atoms with E-state index in [4.69, 9.17) is 0 Å². The van der Waals surface area contributed by atoms with Crippen LogP contribution in [0.1, 0.15) is 22.3 Å². The van der Waals surface area contributed by atoms with Gasteiger partial charge < -0.3 is 10.6 Å². The van der Waals surface area contributed by atoms with E-state index in [9.17, 15) is 18.0 Å². The maximum atomic E-state index is 12.3. The number of amides is 2. The molecule has 1 aliphatic heterocycles. The highest BCUT2D eigenvalue weighted by Gasteiger charge is 2.28. The van der Waals surface area contributed by atoms with E-state index in [0.29, 0.717) is 30.8 Å². The van der Waals surface area contributed by atoms with Crippen molar-refractivity contribution in [1.82, 2.24) is 10.6 Å². The molecule has 0 atom stereocenters. The van der Waals surface area contributed by atoms with Crippen LogP contribution in [-0.2, 0) is 21.4 Å². The van der Waals surface area contributed by atoms with Crippen molar-refractivity contribution in [2.45, 2.75) is 13.0 Å². The number of hydrogen-bond acceptors (Lipinski definition) is 4. The zero-order valence-electron chi connectivity index (χ0n) is 14.7. The van der Waals surface area contributed by atoms with Crippen LogP contribution in [0.4, 0.5) is 5.69 Å². The first-order valence-corrected chi connectivity index (χ1v) is 10.3. The van der Waals surface area contributed by atoms with E-state index >= 15 is 0 Å². The molecule has 1 aliphatic rings. The molecular formula is C19H21N3O4S. The normalized spacial score (nSPS) is 15.3. The Kier molecular flexibility index (Phi) is 5.75. The van der Waals surface area contributed by atoms with E-state index in [1.54, 1.807) is 18.2 Å². The van der Waals surface area contributed by atoms with Gasteiger partial charge in [-0.2, -0.15) is 0 Å². The molecule has 1 saturated heterocycles. The number of anilines is 1. The van der Waals surface area contributed by atoms with Crippen molar-refractivity contribution in [3.8, 4) is 0 Å². The number of nitrogens with one attached hydrogen (secondary N) is 2. The van der Waals surface area contributed by atoms with Crippen LogP contribution in [0.3, 0.4) is 0 Å². The predicted octanol–water partition coefficient (Wildman–Crippen LogP) is 1.27. The van der Waals surface area contributed by atoms with Gasteiger partial charge in [-0.05, 0) is 30.2 Å². The fourth-order valence-corrected chi connectivity index (χ4v) is 4.41. The lowest BCUT2D eigenvalue weighted by atomic mass is 10.2. The molecule has 0 saturated carbocycles. The number of nitrogens with zero attached hydrogens (tertiary/aromatic N) is 1. The average molecular weight is 387 g/mol. The quantitative estimate of drug-likeness (QED) is 0.780. The lowest BCUT2D eigenvalue weighted by Crippen LogP contribution is -2.36. The van der Waals surface area contributed by atoms with Gasteiger partial charge in [0.05, 0.1) is 18.0 Å². The van der Waals surface area contributed by atoms with Gasteiger partial charge in [-0.25, -0.2) is 8.42 Å². The molecule has 0 bridgehead atoms. The molecule has 3 rings (SSSR count). The zero-order valence-corrected chi connectivity index (χ0v) is 15.5. The van der Waals surface area contributed by atoms with Crippen LogP contribution >= 0.6 is 0 Å². The molecule has 27 heavy (non-hydrogen) atoms. The van der Waals surface area contributed by atoms with E-state index in [0.717, 1.165) is 5.56 Å². The number of hydrogen-bond donors (Lipinski definition) is 2. The zero-order chi connectivity index (χ0) is 19.3. The molecule has 2 amide bonds. The minimum Gasteiger partial charge on any atom is -0.350 e. The van der Waals surface area contributed by atoms with Crippen LogP contribution in [0, 0.1) is 0 Å². The molecule has 142 valence electrons. The third-order valence-electron chi connectivity index (χ3n) is 4.24. The molecule has 8 heteroatoms. The second kappa shape index (κ2) is 8.22. The summed E-state index contributed by atoms with van der Waals surface area (Å²) < 4.78 is 25.4. The van der Waals surface area contributed by atoms with Crippen LogP contribution in [0.5, 0.6) is 0 Å². The van der Waals surface area contributed by atoms with Gasteiger partial charge in [0.2, 0.25) is 15.9 Å². The summed E-state index contributed by atoms with van der Waals surface area (Å²) in [6.45, 7) is 0.644. The molecule has 7 nitrogen and oxygen atoms in total. The molecule has 2 aromatic rings. The standard InChI is InChI=1S/C19H21N3O4S/c23-18(20-13-15-6-2-1-3-7-15)14-21-19(24)16-8-4-9-17(12-16)22-10-5-11-27(22,25)26/h1-4,6-9,12H,5,10-11,13-14H2,(H,20,23)(H,21,24). The third kappa shape index (κ3) is 4.85. The van der Waals surface area contributed by atoms with E-state index in [1.807, 2.05) is 30.3 Å². The third-order valence-corrected chi connectivity index (χ3v) is 6.11. The van der Waals surface area contributed by atoms with Gasteiger partial charge in [-0.1, -0.05) is 36.4 Å². The second-order valence-corrected chi connectivity index (χ2v) is 8.25. The highest BCUT2D eigenvalue weighted by Crippen LogP contribution is 2.24. The molecule has 0 spiro atoms. The Hall–Kier alpha value is -2.87. The minimum absolute atomic E-state index is 0.116. The monoisotopic (exact) mass is 387 g/mol. The van der Waals surface area contributed by atoms with Crippen molar-refractivity contribution >= 4 is 27.5 Å². The molecule has 0 aliphatic carbocycles. The van der Waals surface area contributed by atoms with Crippen molar-refractivity contribution in [1.29, 1.82) is 0 Å². The lowest BCUT2D eigenvalue weighted by molar-refractivity contribution is -0.120. The second-order valence-electron chi connectivity index (χ2n) is 6.24. The average Bonchev–Trinajstić information content (AvgIpc) is 3.04. The molecule has 0 aromatic heterocycles. The van der Waals surface area contributed by atoms with Crippen molar-refractivity contribution in [2.24, 2.45) is 0 Å². The molecule has 2 aromatic carbocycles. The first-order valence-electron chi connectivity index (χ1n) is 8.65. The first kappa shape index (κ1) is 18.9. The summed E-state index contributed by atoms with van der Waals surface area (Å²) >= 11 is 0. The van der Waals surface area contributed by atoms with Gasteiger partial charge in [-0.15, -0.1) is 0 Å². The van der Waals surface area contributed by atoms with Crippen molar-refractivity contribution in [2.75, 3.05) is 23.1 Å². The van der Waals surface area contributed by atoms with E-state index in [-0.39, 0.29) is 18.2 Å². The largest absolute Gasteiger partial charge is 0.350 e. The van der Waals surface area contributed by atoms with E-state index in [1.165, 1.54) is 10.4 Å². The molecule has 0 unspecified atom stereocenters. The van der Waals surface area contributed by atoms with Gasteiger partial charge >= 0.3 is 0 Å². The first-order chi connectivity index (χ1) is 13.0. The summed E-state index contributed by atoms with van der Waals surface area (Å²) in [5, 5.41) is 5.29. The summed E-state index contributed by atoms with van der Waals surface area (Å²) in [5.74, 6) is -0.612. The summed E-state index contributed by atoms with van der Waals surface area (Å²) in [6.07, 6.45) is 0.570. The molecule has 0 radical (unpaired) electrons. The SMILES string of the molecule is O=C(CNC(=O)c1cccc(N2CCCS2(=O)=O)c1)NCc1ccccc1. The molecule has 2 N–H and O–H groups in total. The highest BCUT2D eigenvalue weighted by atomic mass is 32.2. The van der Waals surface area contributed by atoms with Gasteiger partial charge in [0.25, 0.3) is 5.91 Å². The smallest absolute Gasteiger partial charge is 0.251 e. The van der Waals surface area contributed by atoms with Crippen LogP contribution in [0.2, 0.25) is 0 Å². The summed E-state index contributed by atoms with van der Waals surface area (Å²) in [7, 11) is -3.30. The van der Waals surface area contributed by atoms with Crippen LogP contribution in [-0.4, -0.2) is 39.1 Å². The van der Waals surface area contributed by atoms with E-state index < -0.39 is 15.9 Å².